The van der Waals surface area contributed by atoms with Gasteiger partial charge in [-0.05, 0) is 44.2 Å². The maximum absolute atomic E-state index is 10.3. The maximum Gasteiger partial charge on any atom is 0.335 e. The van der Waals surface area contributed by atoms with Crippen LogP contribution in [0.1, 0.15) is 21.7 Å². The molecule has 1 aromatic carbocycles. The normalized spacial score (nSPS) is 9.28. The highest BCUT2D eigenvalue weighted by molar-refractivity contribution is 7.80. The summed E-state index contributed by atoms with van der Waals surface area (Å²) < 4.78 is 0. The summed E-state index contributed by atoms with van der Waals surface area (Å²) in [6.45, 7) is 3.91. The first-order valence-corrected chi connectivity index (χ1v) is 5.71. The number of aromatic carboxylic acids is 1. The zero-order valence-corrected chi connectivity index (χ0v) is 11.1. The van der Waals surface area contributed by atoms with Crippen LogP contribution in [0.4, 0.5) is 0 Å². The van der Waals surface area contributed by atoms with E-state index in [4.69, 9.17) is 5.11 Å². The molecular formula is C13H14N2O2S. The van der Waals surface area contributed by atoms with Gasteiger partial charge in [-0.2, -0.15) is 0 Å². The molecule has 2 rings (SSSR count). The van der Waals surface area contributed by atoms with E-state index in [0.717, 1.165) is 16.3 Å². The third-order valence-corrected chi connectivity index (χ3v) is 2.35. The van der Waals surface area contributed by atoms with E-state index in [1.54, 1.807) is 18.5 Å². The van der Waals surface area contributed by atoms with Gasteiger partial charge in [-0.25, -0.2) is 14.8 Å². The first kappa shape index (κ1) is 14.2. The van der Waals surface area contributed by atoms with Crippen molar-refractivity contribution in [3.63, 3.8) is 0 Å². The van der Waals surface area contributed by atoms with Gasteiger partial charge >= 0.3 is 5.97 Å². The number of carbonyl (C=O) groups is 1. The van der Waals surface area contributed by atoms with Gasteiger partial charge in [0.15, 0.2) is 0 Å². The second-order valence-electron chi connectivity index (χ2n) is 3.65. The van der Waals surface area contributed by atoms with Crippen LogP contribution in [-0.4, -0.2) is 21.0 Å². The van der Waals surface area contributed by atoms with Crippen LogP contribution in [0.5, 0.6) is 0 Å². The van der Waals surface area contributed by atoms with Gasteiger partial charge in [-0.15, -0.1) is 12.6 Å². The van der Waals surface area contributed by atoms with Gasteiger partial charge < -0.3 is 5.11 Å². The molecule has 0 bridgehead atoms. The molecule has 1 aromatic heterocycles. The molecule has 1 heterocycles. The highest BCUT2D eigenvalue weighted by atomic mass is 32.1. The van der Waals surface area contributed by atoms with Crippen molar-refractivity contribution in [2.75, 3.05) is 0 Å². The SMILES string of the molecule is Cc1cc(C)ncn1.O=C(O)c1ccc(S)cc1. The van der Waals surface area contributed by atoms with Crippen molar-refractivity contribution in [1.82, 2.24) is 9.97 Å². The van der Waals surface area contributed by atoms with Gasteiger partial charge in [0.1, 0.15) is 6.33 Å². The Kier molecular flexibility index (Phi) is 5.32. The van der Waals surface area contributed by atoms with Crippen LogP contribution in [0.2, 0.25) is 0 Å². The predicted molar refractivity (Wildman–Crippen MR) is 72.2 cm³/mol. The highest BCUT2D eigenvalue weighted by Gasteiger charge is 1.98. The van der Waals surface area contributed by atoms with Crippen molar-refractivity contribution in [1.29, 1.82) is 0 Å². The van der Waals surface area contributed by atoms with E-state index in [1.165, 1.54) is 12.1 Å². The predicted octanol–water partition coefficient (Wildman–Crippen LogP) is 2.77. The first-order valence-electron chi connectivity index (χ1n) is 5.26. The van der Waals surface area contributed by atoms with E-state index < -0.39 is 5.97 Å². The van der Waals surface area contributed by atoms with E-state index in [-0.39, 0.29) is 5.56 Å². The quantitative estimate of drug-likeness (QED) is 0.776. The third-order valence-electron chi connectivity index (χ3n) is 2.05. The van der Waals surface area contributed by atoms with Gasteiger partial charge in [0.2, 0.25) is 0 Å². The zero-order valence-electron chi connectivity index (χ0n) is 10.2. The van der Waals surface area contributed by atoms with Crippen LogP contribution < -0.4 is 0 Å². The molecule has 0 atom stereocenters. The molecule has 1 N–H and O–H groups in total. The fraction of sp³-hybridized carbons (Fsp3) is 0.154. The fourth-order valence-corrected chi connectivity index (χ4v) is 1.34. The van der Waals surface area contributed by atoms with Crippen LogP contribution in [0.15, 0.2) is 41.6 Å². The van der Waals surface area contributed by atoms with E-state index in [9.17, 15) is 4.79 Å². The minimum Gasteiger partial charge on any atom is -0.478 e. The molecule has 0 aliphatic heterocycles. The number of rotatable bonds is 1. The molecule has 18 heavy (non-hydrogen) atoms. The number of benzene rings is 1. The van der Waals surface area contributed by atoms with Crippen molar-refractivity contribution >= 4 is 18.6 Å². The number of aromatic nitrogens is 2. The Balaban J connectivity index is 0.000000184. The molecule has 0 aliphatic carbocycles. The minimum atomic E-state index is -0.909. The Labute approximate surface area is 111 Å². The average Bonchev–Trinajstić information content (AvgIpc) is 2.30. The summed E-state index contributed by atoms with van der Waals surface area (Å²) in [4.78, 5) is 18.9. The highest BCUT2D eigenvalue weighted by Crippen LogP contribution is 2.06. The van der Waals surface area contributed by atoms with Gasteiger partial charge in [0.25, 0.3) is 0 Å². The topological polar surface area (TPSA) is 63.1 Å². The molecule has 4 nitrogen and oxygen atoms in total. The van der Waals surface area contributed by atoms with Crippen molar-refractivity contribution < 1.29 is 9.90 Å². The monoisotopic (exact) mass is 262 g/mol. The number of hydrogen-bond donors (Lipinski definition) is 2. The zero-order chi connectivity index (χ0) is 13.5. The Morgan fingerprint density at radius 3 is 1.94 bits per heavy atom. The molecule has 0 radical (unpaired) electrons. The molecule has 0 fully saturated rings. The van der Waals surface area contributed by atoms with E-state index >= 15 is 0 Å². The number of hydrogen-bond acceptors (Lipinski definition) is 4. The standard InChI is InChI=1S/C7H6O2S.C6H8N2/c8-7(9)5-1-3-6(10)4-2-5;1-5-3-6(2)8-4-7-5/h1-4,10H,(H,8,9);3-4H,1-2H3. The number of aryl methyl sites for hydroxylation is 2. The molecule has 94 valence electrons. The third kappa shape index (κ3) is 4.97. The molecule has 0 spiro atoms. The molecule has 0 unspecified atom stereocenters. The van der Waals surface area contributed by atoms with Crippen LogP contribution in [0.25, 0.3) is 0 Å². The molecule has 0 aliphatic rings. The summed E-state index contributed by atoms with van der Waals surface area (Å²) in [5.41, 5.74) is 2.34. The lowest BCUT2D eigenvalue weighted by molar-refractivity contribution is 0.0697. The summed E-state index contributed by atoms with van der Waals surface area (Å²) in [6, 6.07) is 8.27. The number of carboxylic acid groups (broad SMARTS) is 1. The maximum atomic E-state index is 10.3. The summed E-state index contributed by atoms with van der Waals surface area (Å²) in [5, 5.41) is 8.45. The minimum absolute atomic E-state index is 0.290. The second kappa shape index (κ2) is 6.76. The number of thiol groups is 1. The van der Waals surface area contributed by atoms with E-state index in [0.29, 0.717) is 0 Å². The Morgan fingerprint density at radius 1 is 1.11 bits per heavy atom. The molecule has 0 saturated heterocycles. The lowest BCUT2D eigenvalue weighted by atomic mass is 10.2. The lowest BCUT2D eigenvalue weighted by Crippen LogP contribution is -1.94. The summed E-state index contributed by atoms with van der Waals surface area (Å²) in [5.74, 6) is -0.909. The van der Waals surface area contributed by atoms with E-state index in [2.05, 4.69) is 22.6 Å². The van der Waals surface area contributed by atoms with Crippen LogP contribution in [0.3, 0.4) is 0 Å². The van der Waals surface area contributed by atoms with Crippen LogP contribution in [0, 0.1) is 13.8 Å². The molecule has 0 saturated carbocycles. The van der Waals surface area contributed by atoms with Gasteiger partial charge in [0.05, 0.1) is 5.56 Å². The summed E-state index contributed by atoms with van der Waals surface area (Å²) >= 11 is 4.01. The van der Waals surface area contributed by atoms with Crippen LogP contribution in [-0.2, 0) is 0 Å². The molecule has 2 aromatic rings. The molecule has 5 heteroatoms. The van der Waals surface area contributed by atoms with Crippen molar-refractivity contribution in [2.45, 2.75) is 18.7 Å². The molecular weight excluding hydrogens is 248 g/mol. The van der Waals surface area contributed by atoms with Crippen molar-refractivity contribution in [3.8, 4) is 0 Å². The molecule has 0 amide bonds. The summed E-state index contributed by atoms with van der Waals surface area (Å²) in [6.07, 6.45) is 1.57. The summed E-state index contributed by atoms with van der Waals surface area (Å²) in [7, 11) is 0. The Morgan fingerprint density at radius 2 is 1.61 bits per heavy atom. The van der Waals surface area contributed by atoms with Crippen LogP contribution >= 0.6 is 12.6 Å². The van der Waals surface area contributed by atoms with Gasteiger partial charge in [-0.1, -0.05) is 0 Å². The number of nitrogens with zero attached hydrogens (tertiary/aromatic N) is 2. The average molecular weight is 262 g/mol. The van der Waals surface area contributed by atoms with E-state index in [1.807, 2.05) is 19.9 Å². The van der Waals surface area contributed by atoms with Crippen molar-refractivity contribution in [2.24, 2.45) is 0 Å². The lowest BCUT2D eigenvalue weighted by Gasteiger charge is -1.92. The Bertz CT molecular complexity index is 510. The first-order chi connectivity index (χ1) is 8.49. The fourth-order valence-electron chi connectivity index (χ4n) is 1.19. The van der Waals surface area contributed by atoms with Gasteiger partial charge in [0, 0.05) is 16.3 Å². The smallest absolute Gasteiger partial charge is 0.335 e. The van der Waals surface area contributed by atoms with Crippen molar-refractivity contribution in [3.05, 3.63) is 53.6 Å². The number of carboxylic acids is 1. The Hall–Kier alpha value is -1.88. The largest absolute Gasteiger partial charge is 0.478 e. The van der Waals surface area contributed by atoms with Gasteiger partial charge in [-0.3, -0.25) is 0 Å². The second-order valence-corrected chi connectivity index (χ2v) is 4.17.